The van der Waals surface area contributed by atoms with Crippen LogP contribution < -0.4 is 5.32 Å². The molecule has 1 aliphatic rings. The molecule has 2 N–H and O–H groups in total. The summed E-state index contributed by atoms with van der Waals surface area (Å²) in [6.07, 6.45) is 7.26. The van der Waals surface area contributed by atoms with Crippen LogP contribution in [0.25, 0.3) is 5.69 Å². The van der Waals surface area contributed by atoms with Crippen molar-refractivity contribution in [2.24, 2.45) is 0 Å². The topological polar surface area (TPSA) is 83.3 Å². The fourth-order valence-electron chi connectivity index (χ4n) is 4.24. The molecule has 0 radical (unpaired) electrons. The number of hydrogen-bond acceptors (Lipinski definition) is 4. The van der Waals surface area contributed by atoms with Crippen LogP contribution in [0.15, 0.2) is 91.5 Å². The number of nitrogens with one attached hydrogen (secondary N) is 1. The minimum absolute atomic E-state index is 0.163. The molecule has 0 bridgehead atoms. The number of pyridine rings is 2. The summed E-state index contributed by atoms with van der Waals surface area (Å²) in [5.74, 6) is -0.958. The van der Waals surface area contributed by atoms with E-state index in [0.717, 1.165) is 22.6 Å². The van der Waals surface area contributed by atoms with E-state index >= 15 is 0 Å². The van der Waals surface area contributed by atoms with Crippen LogP contribution in [-0.4, -0.2) is 35.6 Å². The van der Waals surface area contributed by atoms with E-state index < -0.39 is 5.97 Å². The van der Waals surface area contributed by atoms with Crippen LogP contribution in [0.2, 0.25) is 0 Å². The molecule has 164 valence electrons. The van der Waals surface area contributed by atoms with Gasteiger partial charge in [0.05, 0.1) is 23.3 Å². The molecule has 1 aromatic carbocycles. The van der Waals surface area contributed by atoms with Crippen LogP contribution in [0.1, 0.15) is 39.4 Å². The number of nitrogens with zero attached hydrogens (tertiary/aromatic N) is 4. The highest BCUT2D eigenvalue weighted by molar-refractivity contribution is 7.80. The summed E-state index contributed by atoms with van der Waals surface area (Å²) in [5, 5.41) is 13.6. The number of hydrogen-bond donors (Lipinski definition) is 2. The number of carboxylic acid groups (broad SMARTS) is 1. The fraction of sp³-hybridized carbons (Fsp3) is 0.120. The average molecular weight is 456 g/mol. The summed E-state index contributed by atoms with van der Waals surface area (Å²) in [7, 11) is 0. The van der Waals surface area contributed by atoms with Crippen molar-refractivity contribution >= 4 is 23.3 Å². The SMILES string of the molecule is O=C(O)c1cccc(-n2cccc2C2C(c3ccccn3)NC(=S)N2Cc2ccncc2)c1. The molecule has 1 aliphatic heterocycles. The van der Waals surface area contributed by atoms with Crippen LogP contribution in [0.3, 0.4) is 0 Å². The highest BCUT2D eigenvalue weighted by atomic mass is 32.1. The molecule has 1 fully saturated rings. The quantitative estimate of drug-likeness (QED) is 0.423. The lowest BCUT2D eigenvalue weighted by atomic mass is 10.0. The highest BCUT2D eigenvalue weighted by Gasteiger charge is 2.41. The molecule has 4 aromatic rings. The van der Waals surface area contributed by atoms with Gasteiger partial charge in [0.2, 0.25) is 0 Å². The third kappa shape index (κ3) is 4.08. The molecule has 2 atom stereocenters. The van der Waals surface area contributed by atoms with Gasteiger partial charge in [-0.2, -0.15) is 0 Å². The van der Waals surface area contributed by atoms with Crippen LogP contribution in [-0.2, 0) is 6.54 Å². The van der Waals surface area contributed by atoms with Crippen molar-refractivity contribution in [3.63, 3.8) is 0 Å². The van der Waals surface area contributed by atoms with Crippen molar-refractivity contribution in [2.75, 3.05) is 0 Å². The molecule has 5 rings (SSSR count). The maximum absolute atomic E-state index is 11.5. The Balaban J connectivity index is 1.61. The van der Waals surface area contributed by atoms with Crippen molar-refractivity contribution in [1.82, 2.24) is 24.8 Å². The Hall–Kier alpha value is -4.04. The van der Waals surface area contributed by atoms with Crippen LogP contribution >= 0.6 is 12.2 Å². The van der Waals surface area contributed by atoms with Crippen molar-refractivity contribution in [1.29, 1.82) is 0 Å². The van der Waals surface area contributed by atoms with Crippen molar-refractivity contribution in [2.45, 2.75) is 18.6 Å². The lowest BCUT2D eigenvalue weighted by molar-refractivity contribution is 0.0697. The maximum atomic E-state index is 11.5. The van der Waals surface area contributed by atoms with E-state index in [1.165, 1.54) is 0 Å². The molecule has 8 heteroatoms. The number of rotatable bonds is 6. The molecule has 0 aliphatic carbocycles. The van der Waals surface area contributed by atoms with E-state index in [4.69, 9.17) is 12.2 Å². The summed E-state index contributed by atoms with van der Waals surface area (Å²) in [6.45, 7) is 0.600. The van der Waals surface area contributed by atoms with Crippen molar-refractivity contribution < 1.29 is 9.90 Å². The molecule has 7 nitrogen and oxygen atoms in total. The number of carbonyl (C=O) groups is 1. The number of aromatic carboxylic acids is 1. The third-order valence-electron chi connectivity index (χ3n) is 5.75. The molecule has 4 heterocycles. The Morgan fingerprint density at radius 1 is 1.03 bits per heavy atom. The van der Waals surface area contributed by atoms with E-state index in [2.05, 4.69) is 20.2 Å². The minimum atomic E-state index is -0.958. The van der Waals surface area contributed by atoms with E-state index in [1.807, 2.05) is 59.3 Å². The number of thiocarbonyl (C=S) groups is 1. The smallest absolute Gasteiger partial charge is 0.335 e. The zero-order chi connectivity index (χ0) is 22.8. The van der Waals surface area contributed by atoms with Gasteiger partial charge in [-0.1, -0.05) is 12.1 Å². The zero-order valence-electron chi connectivity index (χ0n) is 17.6. The summed E-state index contributed by atoms with van der Waals surface area (Å²) in [4.78, 5) is 22.4. The summed E-state index contributed by atoms with van der Waals surface area (Å²) >= 11 is 5.77. The Morgan fingerprint density at radius 3 is 2.64 bits per heavy atom. The monoisotopic (exact) mass is 455 g/mol. The first kappa shape index (κ1) is 20.8. The van der Waals surface area contributed by atoms with Gasteiger partial charge in [0.25, 0.3) is 0 Å². The molecule has 0 amide bonds. The van der Waals surface area contributed by atoms with E-state index in [1.54, 1.807) is 36.8 Å². The van der Waals surface area contributed by atoms with Crippen LogP contribution in [0.5, 0.6) is 0 Å². The Morgan fingerprint density at radius 2 is 1.88 bits per heavy atom. The average Bonchev–Trinajstić information content (AvgIpc) is 3.45. The molecule has 33 heavy (non-hydrogen) atoms. The van der Waals surface area contributed by atoms with Gasteiger partial charge in [0.15, 0.2) is 5.11 Å². The fourth-order valence-corrected chi connectivity index (χ4v) is 4.55. The molecule has 1 saturated heterocycles. The second-order valence-corrected chi connectivity index (χ2v) is 8.16. The van der Waals surface area contributed by atoms with Crippen LogP contribution in [0.4, 0.5) is 0 Å². The second-order valence-electron chi connectivity index (χ2n) is 7.77. The van der Waals surface area contributed by atoms with E-state index in [-0.39, 0.29) is 17.6 Å². The zero-order valence-corrected chi connectivity index (χ0v) is 18.4. The van der Waals surface area contributed by atoms with Gasteiger partial charge in [-0.3, -0.25) is 9.97 Å². The standard InChI is InChI=1S/C25H21N5O2S/c31-24(32)18-5-3-6-19(15-18)29-14-4-8-21(29)23-22(20-7-1-2-11-27-20)28-25(33)30(23)16-17-9-12-26-13-10-17/h1-15,22-23H,16H2,(H,28,33)(H,31,32). The predicted molar refractivity (Wildman–Crippen MR) is 128 cm³/mol. The van der Waals surface area contributed by atoms with Gasteiger partial charge in [0, 0.05) is 42.7 Å². The van der Waals surface area contributed by atoms with Crippen molar-refractivity contribution in [3.05, 3.63) is 114 Å². The minimum Gasteiger partial charge on any atom is -0.478 e. The third-order valence-corrected chi connectivity index (χ3v) is 6.11. The van der Waals surface area contributed by atoms with Gasteiger partial charge in [0.1, 0.15) is 0 Å². The highest BCUT2D eigenvalue weighted by Crippen LogP contribution is 2.40. The molecule has 2 unspecified atom stereocenters. The first-order chi connectivity index (χ1) is 16.1. The number of benzene rings is 1. The Labute approximate surface area is 196 Å². The summed E-state index contributed by atoms with van der Waals surface area (Å²) in [6, 6.07) is 20.4. The lowest BCUT2D eigenvalue weighted by Gasteiger charge is -2.29. The maximum Gasteiger partial charge on any atom is 0.335 e. The Kier molecular flexibility index (Phi) is 5.58. The molecule has 3 aromatic heterocycles. The van der Waals surface area contributed by atoms with Gasteiger partial charge in [-0.25, -0.2) is 4.79 Å². The molecular weight excluding hydrogens is 434 g/mol. The first-order valence-electron chi connectivity index (χ1n) is 10.5. The molecule has 0 spiro atoms. The summed E-state index contributed by atoms with van der Waals surface area (Å²) in [5.41, 5.74) is 3.97. The largest absolute Gasteiger partial charge is 0.478 e. The second kappa shape index (κ2) is 8.84. The van der Waals surface area contributed by atoms with E-state index in [0.29, 0.717) is 11.7 Å². The van der Waals surface area contributed by atoms with Gasteiger partial charge in [-0.15, -0.1) is 0 Å². The van der Waals surface area contributed by atoms with Gasteiger partial charge in [-0.05, 0) is 72.4 Å². The molecule has 0 saturated carbocycles. The van der Waals surface area contributed by atoms with Gasteiger partial charge < -0.3 is 19.9 Å². The van der Waals surface area contributed by atoms with Gasteiger partial charge >= 0.3 is 5.97 Å². The number of aromatic nitrogens is 3. The molecular formula is C25H21N5O2S. The normalized spacial score (nSPS) is 17.7. The lowest BCUT2D eigenvalue weighted by Crippen LogP contribution is -2.30. The van der Waals surface area contributed by atoms with Crippen LogP contribution in [0, 0.1) is 0 Å². The first-order valence-corrected chi connectivity index (χ1v) is 10.9. The Bertz CT molecular complexity index is 1290. The predicted octanol–water partition coefficient (Wildman–Crippen LogP) is 4.14. The summed E-state index contributed by atoms with van der Waals surface area (Å²) < 4.78 is 2.02. The van der Waals surface area contributed by atoms with Crippen molar-refractivity contribution in [3.8, 4) is 5.69 Å². The number of carboxylic acids is 1. The van der Waals surface area contributed by atoms with E-state index in [9.17, 15) is 9.90 Å².